The first-order valence-electron chi connectivity index (χ1n) is 10.3. The van der Waals surface area contributed by atoms with Crippen LogP contribution in [0.3, 0.4) is 0 Å². The zero-order valence-electron chi connectivity index (χ0n) is 17.7. The molecule has 2 heterocycles. The van der Waals surface area contributed by atoms with E-state index >= 15 is 0 Å². The number of ether oxygens (including phenoxy) is 3. The summed E-state index contributed by atoms with van der Waals surface area (Å²) in [5.41, 5.74) is 2.98. The molecule has 0 radical (unpaired) electrons. The number of aromatic nitrogens is 2. The topological polar surface area (TPSA) is 74.6 Å². The lowest BCUT2D eigenvalue weighted by Gasteiger charge is -2.20. The smallest absolute Gasteiger partial charge is 0.259 e. The second-order valence-corrected chi connectivity index (χ2v) is 7.74. The molecule has 4 aromatic rings. The van der Waals surface area contributed by atoms with Crippen molar-refractivity contribution in [3.63, 3.8) is 0 Å². The molecule has 0 unspecified atom stereocenters. The summed E-state index contributed by atoms with van der Waals surface area (Å²) < 4.78 is 18.1. The number of carbonyl (C=O) groups excluding carboxylic acids is 1. The molecule has 0 spiro atoms. The molecule has 7 nitrogen and oxygen atoms in total. The number of methoxy groups -OCH3 is 1. The molecule has 0 fully saturated rings. The van der Waals surface area contributed by atoms with E-state index in [1.165, 1.54) is 0 Å². The zero-order valence-corrected chi connectivity index (χ0v) is 18.5. The standard InChI is InChI=1S/C25H20ClN3O4/c1-31-18-9-7-16(8-10-18)24-19(15-29(28-24)17-5-3-2-4-6-17)25(30)27-21-14-23-22(13-20(21)26)32-11-12-33-23/h2-10,13-15H,11-12H2,1H3,(H,27,30). The molecule has 1 aliphatic rings. The van der Waals surface area contributed by atoms with E-state index in [0.29, 0.717) is 46.7 Å². The minimum absolute atomic E-state index is 0.346. The minimum Gasteiger partial charge on any atom is -0.497 e. The number of fused-ring (bicyclic) bond motifs is 1. The Bertz CT molecular complexity index is 1300. The molecular formula is C25H20ClN3O4. The van der Waals surface area contributed by atoms with Crippen LogP contribution >= 0.6 is 11.6 Å². The van der Waals surface area contributed by atoms with Crippen LogP contribution in [-0.2, 0) is 0 Å². The van der Waals surface area contributed by atoms with Gasteiger partial charge in [0.1, 0.15) is 24.7 Å². The second-order valence-electron chi connectivity index (χ2n) is 7.33. The maximum absolute atomic E-state index is 13.4. The largest absolute Gasteiger partial charge is 0.497 e. The van der Waals surface area contributed by atoms with E-state index in [1.54, 1.807) is 30.1 Å². The van der Waals surface area contributed by atoms with Gasteiger partial charge in [0.15, 0.2) is 11.5 Å². The van der Waals surface area contributed by atoms with Crippen LogP contribution in [0.4, 0.5) is 5.69 Å². The van der Waals surface area contributed by atoms with Gasteiger partial charge in [0.05, 0.1) is 29.1 Å². The van der Waals surface area contributed by atoms with Crippen LogP contribution in [0.2, 0.25) is 5.02 Å². The number of carbonyl (C=O) groups is 1. The van der Waals surface area contributed by atoms with Gasteiger partial charge in [-0.05, 0) is 36.4 Å². The van der Waals surface area contributed by atoms with Crippen molar-refractivity contribution in [2.24, 2.45) is 0 Å². The first kappa shape index (κ1) is 20.9. The summed E-state index contributed by atoms with van der Waals surface area (Å²) in [5, 5.41) is 7.94. The Morgan fingerprint density at radius 3 is 2.42 bits per heavy atom. The molecule has 1 N–H and O–H groups in total. The Morgan fingerprint density at radius 1 is 1.03 bits per heavy atom. The highest BCUT2D eigenvalue weighted by Crippen LogP contribution is 2.38. The lowest BCUT2D eigenvalue weighted by atomic mass is 10.1. The molecule has 0 saturated heterocycles. The molecule has 0 saturated carbocycles. The SMILES string of the molecule is COc1ccc(-c2nn(-c3ccccc3)cc2C(=O)Nc2cc3c(cc2Cl)OCCO3)cc1. The number of benzene rings is 3. The minimum atomic E-state index is -0.346. The molecule has 0 bridgehead atoms. The van der Waals surface area contributed by atoms with E-state index in [-0.39, 0.29) is 5.91 Å². The van der Waals surface area contributed by atoms with Crippen molar-refractivity contribution in [2.45, 2.75) is 0 Å². The van der Waals surface area contributed by atoms with Crippen LogP contribution in [0.5, 0.6) is 17.2 Å². The van der Waals surface area contributed by atoms with Crippen molar-refractivity contribution >= 4 is 23.2 Å². The van der Waals surface area contributed by atoms with Gasteiger partial charge >= 0.3 is 0 Å². The quantitative estimate of drug-likeness (QED) is 0.440. The fourth-order valence-electron chi connectivity index (χ4n) is 3.56. The van der Waals surface area contributed by atoms with Crippen molar-refractivity contribution in [1.82, 2.24) is 9.78 Å². The number of nitrogens with one attached hydrogen (secondary N) is 1. The average molecular weight is 462 g/mol. The van der Waals surface area contributed by atoms with E-state index < -0.39 is 0 Å². The van der Waals surface area contributed by atoms with Crippen molar-refractivity contribution < 1.29 is 19.0 Å². The van der Waals surface area contributed by atoms with E-state index in [9.17, 15) is 4.79 Å². The van der Waals surface area contributed by atoms with Gasteiger partial charge in [0.2, 0.25) is 0 Å². The zero-order chi connectivity index (χ0) is 22.8. The van der Waals surface area contributed by atoms with Crippen molar-refractivity contribution in [3.8, 4) is 34.2 Å². The van der Waals surface area contributed by atoms with Crippen LogP contribution in [-0.4, -0.2) is 36.0 Å². The normalized spacial score (nSPS) is 12.3. The van der Waals surface area contributed by atoms with Gasteiger partial charge in [-0.25, -0.2) is 4.68 Å². The highest BCUT2D eigenvalue weighted by molar-refractivity contribution is 6.34. The Kier molecular flexibility index (Phi) is 5.62. The summed E-state index contributed by atoms with van der Waals surface area (Å²) in [6.07, 6.45) is 1.70. The van der Waals surface area contributed by atoms with E-state index in [1.807, 2.05) is 54.6 Å². The highest BCUT2D eigenvalue weighted by atomic mass is 35.5. The fraction of sp³-hybridized carbons (Fsp3) is 0.120. The van der Waals surface area contributed by atoms with E-state index in [2.05, 4.69) is 5.32 Å². The average Bonchev–Trinajstić information content (AvgIpc) is 3.31. The number of nitrogens with zero attached hydrogens (tertiary/aromatic N) is 2. The first-order valence-corrected chi connectivity index (χ1v) is 10.7. The molecule has 0 aliphatic carbocycles. The summed E-state index contributed by atoms with van der Waals surface area (Å²) >= 11 is 6.40. The lowest BCUT2D eigenvalue weighted by Crippen LogP contribution is -2.17. The number of anilines is 1. The molecule has 1 aliphatic heterocycles. The van der Waals surface area contributed by atoms with Crippen LogP contribution in [0, 0.1) is 0 Å². The maximum Gasteiger partial charge on any atom is 0.259 e. The van der Waals surface area contributed by atoms with Gasteiger partial charge in [-0.3, -0.25) is 4.79 Å². The molecule has 5 rings (SSSR count). The molecule has 1 amide bonds. The highest BCUT2D eigenvalue weighted by Gasteiger charge is 2.22. The van der Waals surface area contributed by atoms with E-state index in [4.69, 9.17) is 30.9 Å². The monoisotopic (exact) mass is 461 g/mol. The van der Waals surface area contributed by atoms with Gasteiger partial charge in [-0.1, -0.05) is 29.8 Å². The van der Waals surface area contributed by atoms with Crippen molar-refractivity contribution in [1.29, 1.82) is 0 Å². The summed E-state index contributed by atoms with van der Waals surface area (Å²) in [6.45, 7) is 0.895. The maximum atomic E-state index is 13.4. The predicted molar refractivity (Wildman–Crippen MR) is 126 cm³/mol. The molecule has 3 aromatic carbocycles. The Morgan fingerprint density at radius 2 is 1.73 bits per heavy atom. The summed E-state index contributed by atoms with van der Waals surface area (Å²) in [5.74, 6) is 1.47. The lowest BCUT2D eigenvalue weighted by molar-refractivity contribution is 0.102. The second kappa shape index (κ2) is 8.88. The van der Waals surface area contributed by atoms with Gasteiger partial charge in [-0.2, -0.15) is 5.10 Å². The third-order valence-electron chi connectivity index (χ3n) is 5.22. The van der Waals surface area contributed by atoms with Crippen molar-refractivity contribution in [3.05, 3.63) is 83.5 Å². The summed E-state index contributed by atoms with van der Waals surface area (Å²) in [4.78, 5) is 13.4. The molecule has 0 atom stereocenters. The van der Waals surface area contributed by atoms with Crippen LogP contribution in [0.1, 0.15) is 10.4 Å². The number of hydrogen-bond donors (Lipinski definition) is 1. The molecule has 33 heavy (non-hydrogen) atoms. The number of halogens is 1. The number of para-hydroxylation sites is 1. The van der Waals surface area contributed by atoms with Crippen molar-refractivity contribution in [2.75, 3.05) is 25.6 Å². The molecular weight excluding hydrogens is 442 g/mol. The van der Waals surface area contributed by atoms with Gasteiger partial charge in [-0.15, -0.1) is 0 Å². The third-order valence-corrected chi connectivity index (χ3v) is 5.54. The summed E-state index contributed by atoms with van der Waals surface area (Å²) in [6, 6.07) is 20.3. The van der Waals surface area contributed by atoms with Crippen LogP contribution in [0.25, 0.3) is 16.9 Å². The van der Waals surface area contributed by atoms with Gasteiger partial charge in [0, 0.05) is 23.9 Å². The summed E-state index contributed by atoms with van der Waals surface area (Å²) in [7, 11) is 1.61. The van der Waals surface area contributed by atoms with Gasteiger partial charge in [0.25, 0.3) is 5.91 Å². The molecule has 166 valence electrons. The predicted octanol–water partition coefficient (Wildman–Crippen LogP) is 5.22. The van der Waals surface area contributed by atoms with Gasteiger partial charge < -0.3 is 19.5 Å². The Balaban J connectivity index is 1.53. The number of hydrogen-bond acceptors (Lipinski definition) is 5. The fourth-order valence-corrected chi connectivity index (χ4v) is 3.77. The molecule has 1 aromatic heterocycles. The molecule has 8 heteroatoms. The number of amides is 1. The van der Waals surface area contributed by atoms with Crippen LogP contribution < -0.4 is 19.5 Å². The Hall–Kier alpha value is -3.97. The first-order chi connectivity index (χ1) is 16.1. The van der Waals surface area contributed by atoms with E-state index in [0.717, 1.165) is 17.0 Å². The Labute approximate surface area is 195 Å². The third kappa shape index (κ3) is 4.23. The van der Waals surface area contributed by atoms with Crippen LogP contribution in [0.15, 0.2) is 72.9 Å². The number of rotatable bonds is 5.